The van der Waals surface area contributed by atoms with Crippen molar-refractivity contribution in [3.05, 3.63) is 18.2 Å². The number of carbonyl (C=O) groups is 5. The van der Waals surface area contributed by atoms with E-state index in [9.17, 15) is 29.1 Å². The van der Waals surface area contributed by atoms with E-state index < -0.39 is 60.2 Å². The number of nitrogens with one attached hydrogen (secondary N) is 4. The normalized spacial score (nSPS) is 15.0. The molecule has 1 rings (SSSR count). The van der Waals surface area contributed by atoms with E-state index in [1.165, 1.54) is 12.5 Å². The van der Waals surface area contributed by atoms with Crippen LogP contribution in [-0.2, 0) is 30.4 Å². The largest absolute Gasteiger partial charge is 0.481 e. The molecule has 0 aliphatic carbocycles. The molecule has 5 unspecified atom stereocenters. The minimum atomic E-state index is -1.44. The second kappa shape index (κ2) is 16.3. The van der Waals surface area contributed by atoms with Gasteiger partial charge in [-0.3, -0.25) is 19.2 Å². The molecule has 5 atom stereocenters. The van der Waals surface area contributed by atoms with Gasteiger partial charge in [0.1, 0.15) is 18.1 Å². The number of carboxylic acids is 2. The van der Waals surface area contributed by atoms with Crippen LogP contribution in [0.15, 0.2) is 12.5 Å². The van der Waals surface area contributed by atoms with Gasteiger partial charge in [-0.1, -0.05) is 20.3 Å². The second-order valence-corrected chi connectivity index (χ2v) is 8.94. The van der Waals surface area contributed by atoms with E-state index in [4.69, 9.17) is 16.6 Å². The van der Waals surface area contributed by atoms with Gasteiger partial charge in [0.05, 0.1) is 12.4 Å². The summed E-state index contributed by atoms with van der Waals surface area (Å²) in [5.41, 5.74) is 12.2. The molecule has 1 aromatic heterocycles. The van der Waals surface area contributed by atoms with Crippen molar-refractivity contribution < 1.29 is 34.2 Å². The minimum absolute atomic E-state index is 0.167. The van der Waals surface area contributed by atoms with Gasteiger partial charge >= 0.3 is 11.9 Å². The number of aromatic amines is 1. The Labute approximate surface area is 215 Å². The summed E-state index contributed by atoms with van der Waals surface area (Å²) in [7, 11) is 0. The SMILES string of the molecule is CCC(C)C(NC(=O)C(N)Cc1cnc[nH]1)C(=O)NC(CCCCN)C(=O)NC(CCC(=O)O)C(=O)O. The average Bonchev–Trinajstić information content (AvgIpc) is 3.36. The third-order valence-corrected chi connectivity index (χ3v) is 5.97. The standard InChI is InChI=1S/C23H39N7O7/c1-3-13(2)19(30-20(33)15(25)10-14-11-26-12-27-14)22(35)28-16(6-4-5-9-24)21(34)29-17(23(36)37)7-8-18(31)32/h11-13,15-17,19H,3-10,24-25H2,1-2H3,(H,26,27)(H,28,35)(H,29,34)(H,30,33)(H,31,32)(H,36,37). The Balaban J connectivity index is 2.97. The van der Waals surface area contributed by atoms with Crippen molar-refractivity contribution in [2.24, 2.45) is 17.4 Å². The smallest absolute Gasteiger partial charge is 0.326 e. The zero-order valence-corrected chi connectivity index (χ0v) is 21.2. The van der Waals surface area contributed by atoms with Gasteiger partial charge in [0.2, 0.25) is 17.7 Å². The number of nitrogens with zero attached hydrogens (tertiary/aromatic N) is 1. The predicted molar refractivity (Wildman–Crippen MR) is 133 cm³/mol. The molecule has 14 heteroatoms. The second-order valence-electron chi connectivity index (χ2n) is 8.94. The third-order valence-electron chi connectivity index (χ3n) is 5.97. The van der Waals surface area contributed by atoms with Crippen molar-refractivity contribution >= 4 is 29.7 Å². The van der Waals surface area contributed by atoms with Crippen molar-refractivity contribution in [2.45, 2.75) is 83.0 Å². The van der Waals surface area contributed by atoms with Crippen LogP contribution in [0.1, 0.15) is 58.1 Å². The van der Waals surface area contributed by atoms with Gasteiger partial charge in [-0.2, -0.15) is 0 Å². The first-order chi connectivity index (χ1) is 17.5. The first-order valence-corrected chi connectivity index (χ1v) is 12.3. The molecule has 37 heavy (non-hydrogen) atoms. The summed E-state index contributed by atoms with van der Waals surface area (Å²) in [6.07, 6.45) is 4.14. The molecule has 14 nitrogen and oxygen atoms in total. The highest BCUT2D eigenvalue weighted by molar-refractivity contribution is 5.94. The Hall–Kier alpha value is -3.52. The van der Waals surface area contributed by atoms with Crippen LogP contribution in [0.5, 0.6) is 0 Å². The van der Waals surface area contributed by atoms with Gasteiger partial charge in [-0.25, -0.2) is 9.78 Å². The van der Waals surface area contributed by atoms with Crippen LogP contribution in [0, 0.1) is 5.92 Å². The maximum atomic E-state index is 13.2. The van der Waals surface area contributed by atoms with E-state index in [1.54, 1.807) is 6.92 Å². The van der Waals surface area contributed by atoms with Crippen LogP contribution in [0.4, 0.5) is 0 Å². The number of aromatic nitrogens is 2. The molecular formula is C23H39N7O7. The molecule has 0 bridgehead atoms. The highest BCUT2D eigenvalue weighted by Crippen LogP contribution is 2.11. The monoisotopic (exact) mass is 525 g/mol. The quantitative estimate of drug-likeness (QED) is 0.107. The van der Waals surface area contributed by atoms with Crippen LogP contribution in [0.3, 0.4) is 0 Å². The molecule has 0 spiro atoms. The van der Waals surface area contributed by atoms with Crippen LogP contribution in [-0.4, -0.2) is 80.6 Å². The molecule has 3 amide bonds. The topological polar surface area (TPSA) is 243 Å². The van der Waals surface area contributed by atoms with Gasteiger partial charge in [-0.05, 0) is 38.1 Å². The van der Waals surface area contributed by atoms with Crippen molar-refractivity contribution in [3.63, 3.8) is 0 Å². The molecule has 0 saturated carbocycles. The number of amides is 3. The molecule has 0 aromatic carbocycles. The Morgan fingerprint density at radius 3 is 2.22 bits per heavy atom. The maximum absolute atomic E-state index is 13.2. The lowest BCUT2D eigenvalue weighted by atomic mass is 9.96. The van der Waals surface area contributed by atoms with Crippen LogP contribution in [0.2, 0.25) is 0 Å². The van der Waals surface area contributed by atoms with Gasteiger partial charge < -0.3 is 42.6 Å². The number of imidazole rings is 1. The summed E-state index contributed by atoms with van der Waals surface area (Å²) >= 11 is 0. The summed E-state index contributed by atoms with van der Waals surface area (Å²) in [4.78, 5) is 67.9. The number of H-pyrrole nitrogens is 1. The highest BCUT2D eigenvalue weighted by atomic mass is 16.4. The van der Waals surface area contributed by atoms with Crippen molar-refractivity contribution in [3.8, 4) is 0 Å². The van der Waals surface area contributed by atoms with Gasteiger partial charge in [0.15, 0.2) is 0 Å². The number of carbonyl (C=O) groups excluding carboxylic acids is 3. The van der Waals surface area contributed by atoms with Crippen molar-refractivity contribution in [2.75, 3.05) is 6.54 Å². The summed E-state index contributed by atoms with van der Waals surface area (Å²) < 4.78 is 0. The minimum Gasteiger partial charge on any atom is -0.481 e. The summed E-state index contributed by atoms with van der Waals surface area (Å²) in [5, 5.41) is 25.8. The molecule has 0 aliphatic heterocycles. The van der Waals surface area contributed by atoms with E-state index in [-0.39, 0.29) is 25.2 Å². The Morgan fingerprint density at radius 1 is 1.00 bits per heavy atom. The molecule has 1 aromatic rings. The van der Waals surface area contributed by atoms with Gasteiger partial charge in [-0.15, -0.1) is 0 Å². The average molecular weight is 526 g/mol. The molecule has 10 N–H and O–H groups in total. The maximum Gasteiger partial charge on any atom is 0.326 e. The molecule has 0 fully saturated rings. The van der Waals surface area contributed by atoms with Crippen LogP contribution < -0.4 is 27.4 Å². The van der Waals surface area contributed by atoms with Gasteiger partial charge in [0, 0.05) is 24.7 Å². The van der Waals surface area contributed by atoms with E-state index >= 15 is 0 Å². The number of carboxylic acid groups (broad SMARTS) is 2. The number of hydrogen-bond donors (Lipinski definition) is 8. The zero-order chi connectivity index (χ0) is 28.0. The summed E-state index contributed by atoms with van der Waals surface area (Å²) in [6, 6.07) is -4.51. The predicted octanol–water partition coefficient (Wildman–Crippen LogP) is -1.14. The lowest BCUT2D eigenvalue weighted by Gasteiger charge is -2.28. The molecule has 0 radical (unpaired) electrons. The van der Waals surface area contributed by atoms with E-state index in [0.717, 1.165) is 0 Å². The first kappa shape index (κ1) is 31.5. The first-order valence-electron chi connectivity index (χ1n) is 12.3. The summed E-state index contributed by atoms with van der Waals surface area (Å²) in [6.45, 7) is 3.96. The van der Waals surface area contributed by atoms with Crippen LogP contribution >= 0.6 is 0 Å². The lowest BCUT2D eigenvalue weighted by Crippen LogP contribution is -2.58. The number of hydrogen-bond acceptors (Lipinski definition) is 8. The lowest BCUT2D eigenvalue weighted by molar-refractivity contribution is -0.143. The van der Waals surface area contributed by atoms with E-state index in [2.05, 4.69) is 25.9 Å². The number of nitrogens with two attached hydrogens (primary N) is 2. The van der Waals surface area contributed by atoms with Gasteiger partial charge in [0.25, 0.3) is 0 Å². The fraction of sp³-hybridized carbons (Fsp3) is 0.652. The van der Waals surface area contributed by atoms with E-state index in [0.29, 0.717) is 31.5 Å². The molecular weight excluding hydrogens is 486 g/mol. The summed E-state index contributed by atoms with van der Waals surface area (Å²) in [5.74, 6) is -4.85. The fourth-order valence-corrected chi connectivity index (χ4v) is 3.51. The van der Waals surface area contributed by atoms with E-state index in [1.807, 2.05) is 6.92 Å². The number of unbranched alkanes of at least 4 members (excludes halogenated alkanes) is 1. The molecule has 208 valence electrons. The molecule has 0 aliphatic rings. The third kappa shape index (κ3) is 11.4. The molecule has 0 saturated heterocycles. The highest BCUT2D eigenvalue weighted by Gasteiger charge is 2.32. The fourth-order valence-electron chi connectivity index (χ4n) is 3.51. The van der Waals surface area contributed by atoms with Crippen molar-refractivity contribution in [1.82, 2.24) is 25.9 Å². The van der Waals surface area contributed by atoms with Crippen LogP contribution in [0.25, 0.3) is 0 Å². The molecule has 1 heterocycles. The number of aliphatic carboxylic acids is 2. The zero-order valence-electron chi connectivity index (χ0n) is 21.2. The Morgan fingerprint density at radius 2 is 1.68 bits per heavy atom. The Bertz CT molecular complexity index is 894. The van der Waals surface area contributed by atoms with Crippen molar-refractivity contribution in [1.29, 1.82) is 0 Å². The number of rotatable bonds is 18. The Kier molecular flexibility index (Phi) is 13.9.